The van der Waals surface area contributed by atoms with Crippen molar-refractivity contribution in [1.82, 2.24) is 14.7 Å². The summed E-state index contributed by atoms with van der Waals surface area (Å²) in [6.45, 7) is 4.15. The number of halogens is 1. The van der Waals surface area contributed by atoms with Gasteiger partial charge >= 0.3 is 20.0 Å². The van der Waals surface area contributed by atoms with Gasteiger partial charge in [-0.3, -0.25) is 18.9 Å². The van der Waals surface area contributed by atoms with Gasteiger partial charge in [-0.2, -0.15) is 5.10 Å². The molecule has 0 radical (unpaired) electrons. The van der Waals surface area contributed by atoms with Gasteiger partial charge in [-0.15, -0.1) is 0 Å². The minimum Gasteiger partial charge on any atom is -0.442 e. The first-order chi connectivity index (χ1) is 18.4. The molecule has 39 heavy (non-hydrogen) atoms. The van der Waals surface area contributed by atoms with Gasteiger partial charge in [0, 0.05) is 32.3 Å². The maximum absolute atomic E-state index is 15.1. The van der Waals surface area contributed by atoms with Crippen LogP contribution in [0.15, 0.2) is 24.4 Å². The average molecular weight is 569 g/mol. The molecule has 2 aromatic rings. The van der Waals surface area contributed by atoms with Gasteiger partial charge < -0.3 is 19.3 Å². The molecule has 1 saturated heterocycles. The Morgan fingerprint density at radius 3 is 2.74 bits per heavy atom. The number of amides is 3. The van der Waals surface area contributed by atoms with E-state index < -0.39 is 44.1 Å². The lowest BCUT2D eigenvalue weighted by Crippen LogP contribution is -2.43. The molecule has 4 rings (SSSR count). The summed E-state index contributed by atoms with van der Waals surface area (Å²) in [5.41, 5.74) is 2.50. The van der Waals surface area contributed by atoms with Gasteiger partial charge in [0.15, 0.2) is 0 Å². The van der Waals surface area contributed by atoms with Crippen molar-refractivity contribution in [2.24, 2.45) is 7.05 Å². The third-order valence-corrected chi connectivity index (χ3v) is 7.13. The Balaban J connectivity index is 1.37. The second-order valence-electron chi connectivity index (χ2n) is 8.96. The molecular formula is C23H29FN5O9P. The monoisotopic (exact) mass is 569 g/mol. The first kappa shape index (κ1) is 28.5. The second-order valence-corrected chi connectivity index (χ2v) is 10.4. The van der Waals surface area contributed by atoms with E-state index in [4.69, 9.17) is 9.47 Å². The number of rotatable bonds is 9. The number of hydrogen-bond donors (Lipinski definition) is 1. The number of anilines is 2. The minimum absolute atomic E-state index is 0.0728. The highest BCUT2D eigenvalue weighted by Crippen LogP contribution is 2.44. The molecule has 1 N–H and O–H groups in total. The molecule has 0 spiro atoms. The highest BCUT2D eigenvalue weighted by Gasteiger charge is 2.37. The fourth-order valence-corrected chi connectivity index (χ4v) is 5.16. The van der Waals surface area contributed by atoms with Crippen LogP contribution in [0, 0.1) is 5.82 Å². The maximum atomic E-state index is 15.1. The van der Waals surface area contributed by atoms with Gasteiger partial charge in [-0.1, -0.05) is 0 Å². The Labute approximate surface area is 223 Å². The van der Waals surface area contributed by atoms with Gasteiger partial charge in [-0.25, -0.2) is 28.0 Å². The Morgan fingerprint density at radius 2 is 2.10 bits per heavy atom. The van der Waals surface area contributed by atoms with E-state index in [0.717, 1.165) is 18.2 Å². The number of phosphoric ester groups is 1. The minimum atomic E-state index is -4.46. The molecule has 0 aliphatic carbocycles. The molecule has 3 atom stereocenters. The number of aromatic nitrogens is 2. The van der Waals surface area contributed by atoms with E-state index in [1.807, 2.05) is 18.1 Å². The molecule has 3 heterocycles. The Kier molecular flexibility index (Phi) is 8.25. The predicted molar refractivity (Wildman–Crippen MR) is 133 cm³/mol. The molecule has 2 aliphatic rings. The van der Waals surface area contributed by atoms with E-state index in [1.165, 1.54) is 24.8 Å². The predicted octanol–water partition coefficient (Wildman–Crippen LogP) is 2.89. The number of ether oxygens (including phenoxy) is 2. The number of cyclic esters (lactones) is 1. The molecule has 2 aliphatic heterocycles. The standard InChI is InChI=1S/C23H29FN5O9P/c1-5-35-39(33,34)38-15(3)36-22(31)28(14(2)30)11-18-12-29(23(32)37-18)17-6-7-21(19(24)8-17)27-10-16-9-26(4)25-20(16)13-27/h6-9,15,18H,5,10-13H2,1-4H3,(H,33,34)/t15?,18-/m0/s1. The van der Waals surface area contributed by atoms with Crippen molar-refractivity contribution in [3.63, 3.8) is 0 Å². The Hall–Kier alpha value is -3.52. The van der Waals surface area contributed by atoms with Gasteiger partial charge in [0.05, 0.1) is 43.3 Å². The Morgan fingerprint density at radius 1 is 1.36 bits per heavy atom. The maximum Gasteiger partial charge on any atom is 0.475 e. The van der Waals surface area contributed by atoms with E-state index in [-0.39, 0.29) is 25.4 Å². The van der Waals surface area contributed by atoms with Crippen molar-refractivity contribution in [1.29, 1.82) is 0 Å². The average Bonchev–Trinajstić information content (AvgIpc) is 3.48. The molecule has 2 unspecified atom stereocenters. The van der Waals surface area contributed by atoms with Crippen molar-refractivity contribution in [3.05, 3.63) is 41.5 Å². The van der Waals surface area contributed by atoms with E-state index in [0.29, 0.717) is 23.7 Å². The molecule has 212 valence electrons. The van der Waals surface area contributed by atoms with Gasteiger partial charge in [0.1, 0.15) is 11.9 Å². The number of nitrogens with zero attached hydrogens (tertiary/aromatic N) is 5. The van der Waals surface area contributed by atoms with E-state index >= 15 is 4.39 Å². The summed E-state index contributed by atoms with van der Waals surface area (Å²) in [5, 5.41) is 4.37. The van der Waals surface area contributed by atoms with Crippen molar-refractivity contribution in [3.8, 4) is 0 Å². The van der Waals surface area contributed by atoms with Crippen LogP contribution in [0.4, 0.5) is 25.4 Å². The van der Waals surface area contributed by atoms with Crippen LogP contribution in [0.1, 0.15) is 32.0 Å². The summed E-state index contributed by atoms with van der Waals surface area (Å²) in [5.74, 6) is -1.26. The zero-order chi connectivity index (χ0) is 28.5. The highest BCUT2D eigenvalue weighted by molar-refractivity contribution is 7.47. The van der Waals surface area contributed by atoms with Crippen LogP contribution in [0.25, 0.3) is 0 Å². The molecule has 3 amide bonds. The quantitative estimate of drug-likeness (QED) is 0.350. The summed E-state index contributed by atoms with van der Waals surface area (Å²) in [6, 6.07) is 4.37. The number of carbonyl (C=O) groups excluding carboxylic acids is 3. The smallest absolute Gasteiger partial charge is 0.442 e. The van der Waals surface area contributed by atoms with Gasteiger partial charge in [0.25, 0.3) is 0 Å². The third kappa shape index (κ3) is 6.56. The van der Waals surface area contributed by atoms with Gasteiger partial charge in [0.2, 0.25) is 12.2 Å². The number of hydrogen-bond acceptors (Lipinski definition) is 10. The fraction of sp³-hybridized carbons (Fsp3) is 0.478. The van der Waals surface area contributed by atoms with E-state index in [1.54, 1.807) is 16.8 Å². The van der Waals surface area contributed by atoms with E-state index in [2.05, 4.69) is 14.1 Å². The number of benzene rings is 1. The number of phosphoric acid groups is 1. The number of carbonyl (C=O) groups is 3. The molecule has 1 aromatic heterocycles. The van der Waals surface area contributed by atoms with Gasteiger partial charge in [-0.05, 0) is 32.0 Å². The topological polar surface area (TPSA) is 153 Å². The van der Waals surface area contributed by atoms with Crippen molar-refractivity contribution < 1.29 is 46.8 Å². The molecule has 0 saturated carbocycles. The van der Waals surface area contributed by atoms with Crippen molar-refractivity contribution >= 4 is 37.3 Å². The third-order valence-electron chi connectivity index (χ3n) is 5.98. The van der Waals surface area contributed by atoms with Crippen LogP contribution < -0.4 is 9.80 Å². The van der Waals surface area contributed by atoms with Crippen LogP contribution in [0.3, 0.4) is 0 Å². The number of imide groups is 1. The van der Waals surface area contributed by atoms with Crippen LogP contribution in [-0.2, 0) is 48.0 Å². The summed E-state index contributed by atoms with van der Waals surface area (Å²) >= 11 is 0. The van der Waals surface area contributed by atoms with Crippen LogP contribution >= 0.6 is 7.82 Å². The lowest BCUT2D eigenvalue weighted by molar-refractivity contribution is -0.130. The number of aryl methyl sites for hydroxylation is 1. The Bertz CT molecular complexity index is 1300. The lowest BCUT2D eigenvalue weighted by Gasteiger charge is -2.24. The second kappa shape index (κ2) is 11.3. The normalized spacial score (nSPS) is 18.9. The highest BCUT2D eigenvalue weighted by atomic mass is 31.2. The summed E-state index contributed by atoms with van der Waals surface area (Å²) in [7, 11) is -2.63. The summed E-state index contributed by atoms with van der Waals surface area (Å²) < 4.78 is 48.0. The van der Waals surface area contributed by atoms with Crippen LogP contribution in [0.5, 0.6) is 0 Å². The molecule has 16 heteroatoms. The largest absolute Gasteiger partial charge is 0.475 e. The first-order valence-corrected chi connectivity index (χ1v) is 13.5. The molecule has 14 nitrogen and oxygen atoms in total. The van der Waals surface area contributed by atoms with Crippen LogP contribution in [0.2, 0.25) is 0 Å². The lowest BCUT2D eigenvalue weighted by atomic mass is 10.2. The van der Waals surface area contributed by atoms with Crippen molar-refractivity contribution in [2.75, 3.05) is 29.5 Å². The van der Waals surface area contributed by atoms with Crippen molar-refractivity contribution in [2.45, 2.75) is 46.3 Å². The zero-order valence-corrected chi connectivity index (χ0v) is 22.7. The molecule has 1 aromatic carbocycles. The fourth-order valence-electron chi connectivity index (χ4n) is 4.35. The van der Waals surface area contributed by atoms with Crippen LogP contribution in [-0.4, -0.2) is 69.8 Å². The SMILES string of the molecule is CCOP(=O)(O)OC(C)OC(=O)N(C[C@H]1CN(c2ccc(N3Cc4cn(C)nc4C3)c(F)c2)C(=O)O1)C(C)=O. The summed E-state index contributed by atoms with van der Waals surface area (Å²) in [4.78, 5) is 50.4. The first-order valence-electron chi connectivity index (χ1n) is 12.0. The number of fused-ring (bicyclic) bond motifs is 1. The van der Waals surface area contributed by atoms with E-state index in [9.17, 15) is 23.8 Å². The zero-order valence-electron chi connectivity index (χ0n) is 21.8. The molecular weight excluding hydrogens is 540 g/mol. The molecule has 1 fully saturated rings. The summed E-state index contributed by atoms with van der Waals surface area (Å²) in [6.07, 6.45) is -2.54. The molecule has 0 bridgehead atoms.